The van der Waals surface area contributed by atoms with Crippen LogP contribution in [0.3, 0.4) is 0 Å². The summed E-state index contributed by atoms with van der Waals surface area (Å²) in [6.07, 6.45) is 0.0838. The molecule has 0 fully saturated rings. The Morgan fingerprint density at radius 3 is 2.56 bits per heavy atom. The van der Waals surface area contributed by atoms with Crippen LogP contribution in [-0.4, -0.2) is 37.0 Å². The van der Waals surface area contributed by atoms with Crippen molar-refractivity contribution in [2.24, 2.45) is 0 Å². The van der Waals surface area contributed by atoms with Gasteiger partial charge >= 0.3 is 5.97 Å². The number of hydrogen-bond donors (Lipinski definition) is 2. The molecular weight excluding hydrogens is 320 g/mol. The maximum atomic E-state index is 12.0. The van der Waals surface area contributed by atoms with Crippen molar-refractivity contribution in [1.82, 2.24) is 10.6 Å². The second kappa shape index (κ2) is 8.82. The summed E-state index contributed by atoms with van der Waals surface area (Å²) >= 11 is 0. The molecule has 2 amide bonds. The third-order valence-electron chi connectivity index (χ3n) is 3.70. The van der Waals surface area contributed by atoms with Gasteiger partial charge in [0, 0.05) is 6.54 Å². The molecule has 1 atom stereocenters. The maximum absolute atomic E-state index is 12.0. The highest BCUT2D eigenvalue weighted by Crippen LogP contribution is 2.19. The van der Waals surface area contributed by atoms with Crippen LogP contribution in [0.15, 0.2) is 42.5 Å². The van der Waals surface area contributed by atoms with Gasteiger partial charge in [0.05, 0.1) is 6.42 Å². The van der Waals surface area contributed by atoms with Crippen molar-refractivity contribution >= 4 is 28.6 Å². The van der Waals surface area contributed by atoms with E-state index in [1.54, 1.807) is 13.8 Å². The van der Waals surface area contributed by atoms with Crippen LogP contribution >= 0.6 is 0 Å². The average molecular weight is 342 g/mol. The fourth-order valence-electron chi connectivity index (χ4n) is 2.48. The maximum Gasteiger partial charge on any atom is 0.310 e. The molecule has 0 spiro atoms. The number of hydrogen-bond acceptors (Lipinski definition) is 4. The van der Waals surface area contributed by atoms with E-state index in [1.807, 2.05) is 42.5 Å². The molecule has 25 heavy (non-hydrogen) atoms. The molecular formula is C19H22N2O4. The summed E-state index contributed by atoms with van der Waals surface area (Å²) in [5.74, 6) is -1.28. The first-order valence-corrected chi connectivity index (χ1v) is 8.20. The lowest BCUT2D eigenvalue weighted by molar-refractivity contribution is -0.148. The third kappa shape index (κ3) is 5.31. The summed E-state index contributed by atoms with van der Waals surface area (Å²) in [6, 6.07) is 12.8. The van der Waals surface area contributed by atoms with E-state index in [2.05, 4.69) is 10.6 Å². The minimum absolute atomic E-state index is 0.0838. The fourth-order valence-corrected chi connectivity index (χ4v) is 2.48. The molecule has 0 unspecified atom stereocenters. The van der Waals surface area contributed by atoms with Crippen LogP contribution in [-0.2, 0) is 25.5 Å². The van der Waals surface area contributed by atoms with Crippen molar-refractivity contribution in [3.63, 3.8) is 0 Å². The van der Waals surface area contributed by atoms with Gasteiger partial charge in [0.25, 0.3) is 5.91 Å². The van der Waals surface area contributed by atoms with Crippen LogP contribution < -0.4 is 10.6 Å². The lowest BCUT2D eigenvalue weighted by atomic mass is 10.0. The second-order valence-corrected chi connectivity index (χ2v) is 5.66. The molecule has 132 valence electrons. The van der Waals surface area contributed by atoms with Crippen LogP contribution in [0.5, 0.6) is 0 Å². The number of amides is 2. The molecule has 6 nitrogen and oxygen atoms in total. The molecule has 0 radical (unpaired) electrons. The molecule has 0 aliphatic rings. The third-order valence-corrected chi connectivity index (χ3v) is 3.70. The Morgan fingerprint density at radius 2 is 1.80 bits per heavy atom. The van der Waals surface area contributed by atoms with Gasteiger partial charge in [0.1, 0.15) is 6.04 Å². The summed E-state index contributed by atoms with van der Waals surface area (Å²) < 4.78 is 5.01. The van der Waals surface area contributed by atoms with E-state index in [0.29, 0.717) is 6.54 Å². The number of nitrogens with one attached hydrogen (secondary N) is 2. The van der Waals surface area contributed by atoms with Crippen LogP contribution in [0.25, 0.3) is 10.8 Å². The largest absolute Gasteiger partial charge is 0.455 e. The van der Waals surface area contributed by atoms with Crippen molar-refractivity contribution in [3.05, 3.63) is 48.0 Å². The Labute approximate surface area is 146 Å². The summed E-state index contributed by atoms with van der Waals surface area (Å²) in [4.78, 5) is 35.3. The van der Waals surface area contributed by atoms with Crippen molar-refractivity contribution in [2.45, 2.75) is 26.3 Å². The lowest BCUT2D eigenvalue weighted by Crippen LogP contribution is -2.46. The lowest BCUT2D eigenvalue weighted by Gasteiger charge is -2.13. The summed E-state index contributed by atoms with van der Waals surface area (Å²) in [5, 5.41) is 7.11. The molecule has 2 N–H and O–H groups in total. The standard InChI is InChI=1S/C19H22N2O4/c1-3-20-19(24)13(2)21-17(22)12-25-18(23)11-15-9-6-8-14-7-4-5-10-16(14)15/h4-10,13H,3,11-12H2,1-2H3,(H,20,24)(H,21,22)/t13-/m1/s1. The van der Waals surface area contributed by atoms with Crippen molar-refractivity contribution < 1.29 is 19.1 Å². The molecule has 6 heteroatoms. The Hall–Kier alpha value is -2.89. The molecule has 0 saturated carbocycles. The Balaban J connectivity index is 1.86. The predicted molar refractivity (Wildman–Crippen MR) is 94.9 cm³/mol. The highest BCUT2D eigenvalue weighted by Gasteiger charge is 2.16. The number of carbonyl (C=O) groups is 3. The molecule has 0 aliphatic heterocycles. The van der Waals surface area contributed by atoms with E-state index >= 15 is 0 Å². The molecule has 0 heterocycles. The van der Waals surface area contributed by atoms with Crippen LogP contribution in [0.4, 0.5) is 0 Å². The molecule has 2 rings (SSSR count). The first-order valence-electron chi connectivity index (χ1n) is 8.20. The van der Waals surface area contributed by atoms with Crippen molar-refractivity contribution in [1.29, 1.82) is 0 Å². The number of fused-ring (bicyclic) bond motifs is 1. The highest BCUT2D eigenvalue weighted by molar-refractivity contribution is 5.90. The van der Waals surface area contributed by atoms with Gasteiger partial charge in [0.2, 0.25) is 5.91 Å². The van der Waals surface area contributed by atoms with Crippen molar-refractivity contribution in [3.8, 4) is 0 Å². The summed E-state index contributed by atoms with van der Waals surface area (Å²) in [5.41, 5.74) is 0.846. The molecule has 0 saturated heterocycles. The van der Waals surface area contributed by atoms with Gasteiger partial charge in [-0.25, -0.2) is 0 Å². The van der Waals surface area contributed by atoms with E-state index in [9.17, 15) is 14.4 Å². The van der Waals surface area contributed by atoms with Gasteiger partial charge in [-0.05, 0) is 30.2 Å². The number of rotatable bonds is 7. The number of likely N-dealkylation sites (N-methyl/N-ethyl adjacent to an activating group) is 1. The van der Waals surface area contributed by atoms with E-state index < -0.39 is 24.5 Å². The van der Waals surface area contributed by atoms with E-state index in [0.717, 1.165) is 16.3 Å². The zero-order chi connectivity index (χ0) is 18.2. The number of ether oxygens (including phenoxy) is 1. The van der Waals surface area contributed by atoms with E-state index in [-0.39, 0.29) is 12.3 Å². The molecule has 2 aromatic carbocycles. The van der Waals surface area contributed by atoms with Gasteiger partial charge in [-0.15, -0.1) is 0 Å². The molecule has 2 aromatic rings. The molecule has 0 bridgehead atoms. The SMILES string of the molecule is CCNC(=O)[C@@H](C)NC(=O)COC(=O)Cc1cccc2ccccc12. The average Bonchev–Trinajstić information content (AvgIpc) is 2.60. The van der Waals surface area contributed by atoms with Gasteiger partial charge in [0.15, 0.2) is 6.61 Å². The molecule has 0 aromatic heterocycles. The number of esters is 1. The normalized spacial score (nSPS) is 11.6. The Morgan fingerprint density at radius 1 is 1.08 bits per heavy atom. The predicted octanol–water partition coefficient (Wildman–Crippen LogP) is 1.57. The van der Waals surface area contributed by atoms with Gasteiger partial charge in [-0.1, -0.05) is 42.5 Å². The van der Waals surface area contributed by atoms with Crippen LogP contribution in [0, 0.1) is 0 Å². The Bertz CT molecular complexity index is 768. The minimum Gasteiger partial charge on any atom is -0.455 e. The first kappa shape index (κ1) is 18.4. The van der Waals surface area contributed by atoms with Crippen LogP contribution in [0.1, 0.15) is 19.4 Å². The van der Waals surface area contributed by atoms with Crippen molar-refractivity contribution in [2.75, 3.05) is 13.2 Å². The van der Waals surface area contributed by atoms with Crippen LogP contribution in [0.2, 0.25) is 0 Å². The van der Waals surface area contributed by atoms with E-state index in [1.165, 1.54) is 0 Å². The first-order chi connectivity index (χ1) is 12.0. The fraction of sp³-hybridized carbons (Fsp3) is 0.316. The van der Waals surface area contributed by atoms with Gasteiger partial charge in [-0.3, -0.25) is 14.4 Å². The smallest absolute Gasteiger partial charge is 0.310 e. The monoisotopic (exact) mass is 342 g/mol. The molecule has 0 aliphatic carbocycles. The van der Waals surface area contributed by atoms with Gasteiger partial charge in [-0.2, -0.15) is 0 Å². The minimum atomic E-state index is -0.677. The van der Waals surface area contributed by atoms with Gasteiger partial charge < -0.3 is 15.4 Å². The van der Waals surface area contributed by atoms with E-state index in [4.69, 9.17) is 4.74 Å². The number of benzene rings is 2. The Kier molecular flexibility index (Phi) is 6.51. The zero-order valence-corrected chi connectivity index (χ0v) is 14.4. The highest BCUT2D eigenvalue weighted by atomic mass is 16.5. The number of carbonyl (C=O) groups excluding carboxylic acids is 3. The zero-order valence-electron chi connectivity index (χ0n) is 14.4. The quantitative estimate of drug-likeness (QED) is 0.748. The summed E-state index contributed by atoms with van der Waals surface area (Å²) in [6.45, 7) is 3.44. The summed E-state index contributed by atoms with van der Waals surface area (Å²) in [7, 11) is 0. The topological polar surface area (TPSA) is 84.5 Å². The second-order valence-electron chi connectivity index (χ2n) is 5.66.